The number of alkyl halides is 2. The van der Waals surface area contributed by atoms with Gasteiger partial charge in [-0.2, -0.15) is 8.78 Å². The van der Waals surface area contributed by atoms with Crippen molar-refractivity contribution in [2.24, 2.45) is 5.73 Å². The van der Waals surface area contributed by atoms with Gasteiger partial charge in [-0.1, -0.05) is 45.0 Å². The number of esters is 1. The summed E-state index contributed by atoms with van der Waals surface area (Å²) in [6, 6.07) is 4.83. The van der Waals surface area contributed by atoms with Crippen LogP contribution in [0.3, 0.4) is 0 Å². The number of hydrogen-bond acceptors (Lipinski definition) is 3. The Kier molecular flexibility index (Phi) is 4.86. The second kappa shape index (κ2) is 5.87. The van der Waals surface area contributed by atoms with E-state index in [0.29, 0.717) is 0 Å². The van der Waals surface area contributed by atoms with Crippen LogP contribution in [0.15, 0.2) is 24.3 Å². The highest BCUT2D eigenvalue weighted by Crippen LogP contribution is 2.32. The van der Waals surface area contributed by atoms with Crippen molar-refractivity contribution in [1.82, 2.24) is 0 Å². The molecule has 0 bridgehead atoms. The van der Waals surface area contributed by atoms with Gasteiger partial charge in [0.25, 0.3) is 0 Å². The number of nitrogens with two attached hydrogens (primary N) is 1. The van der Waals surface area contributed by atoms with Gasteiger partial charge in [-0.25, -0.2) is 4.79 Å². The van der Waals surface area contributed by atoms with Crippen molar-refractivity contribution in [3.8, 4) is 0 Å². The number of benzene rings is 1. The van der Waals surface area contributed by atoms with Gasteiger partial charge in [0.15, 0.2) is 0 Å². The lowest BCUT2D eigenvalue weighted by atomic mass is 9.86. The Morgan fingerprint density at radius 2 is 1.75 bits per heavy atom. The van der Waals surface area contributed by atoms with Gasteiger partial charge in [0.2, 0.25) is 0 Å². The largest absolute Gasteiger partial charge is 0.462 e. The average molecular weight is 285 g/mol. The van der Waals surface area contributed by atoms with Crippen molar-refractivity contribution in [3.05, 3.63) is 35.4 Å². The zero-order chi connectivity index (χ0) is 15.6. The normalized spacial score (nSPS) is 13.9. The molecule has 0 heterocycles. The minimum absolute atomic E-state index is 0.0771. The number of ether oxygens (including phenoxy) is 1. The number of rotatable bonds is 4. The molecule has 3 nitrogen and oxygen atoms in total. The highest BCUT2D eigenvalue weighted by Gasteiger charge is 2.47. The van der Waals surface area contributed by atoms with Crippen LogP contribution in [0.4, 0.5) is 8.78 Å². The van der Waals surface area contributed by atoms with Gasteiger partial charge in [0.1, 0.15) is 6.04 Å². The molecule has 0 spiro atoms. The van der Waals surface area contributed by atoms with Crippen molar-refractivity contribution in [3.63, 3.8) is 0 Å². The van der Waals surface area contributed by atoms with E-state index < -0.39 is 17.9 Å². The molecule has 1 aromatic carbocycles. The fraction of sp³-hybridized carbons (Fsp3) is 0.533. The second-order valence-corrected chi connectivity index (χ2v) is 5.69. The molecule has 0 aliphatic rings. The van der Waals surface area contributed by atoms with Crippen LogP contribution < -0.4 is 5.73 Å². The third-order valence-corrected chi connectivity index (χ3v) is 3.07. The third-order valence-electron chi connectivity index (χ3n) is 3.07. The number of halogens is 2. The average Bonchev–Trinajstić information content (AvgIpc) is 2.37. The van der Waals surface area contributed by atoms with Crippen LogP contribution in [0.25, 0.3) is 0 Å². The second-order valence-electron chi connectivity index (χ2n) is 5.69. The van der Waals surface area contributed by atoms with E-state index in [2.05, 4.69) is 4.74 Å². The van der Waals surface area contributed by atoms with Crippen LogP contribution in [0.2, 0.25) is 0 Å². The summed E-state index contributed by atoms with van der Waals surface area (Å²) in [5.74, 6) is -5.33. The Hall–Kier alpha value is -1.49. The zero-order valence-corrected chi connectivity index (χ0v) is 12.2. The van der Waals surface area contributed by atoms with Crippen LogP contribution >= 0.6 is 0 Å². The minimum Gasteiger partial charge on any atom is -0.462 e. The van der Waals surface area contributed by atoms with E-state index >= 15 is 0 Å². The van der Waals surface area contributed by atoms with Gasteiger partial charge in [0, 0.05) is 0 Å². The minimum atomic E-state index is -3.74. The number of carbonyl (C=O) groups is 1. The molecule has 5 heteroatoms. The Labute approximate surface area is 118 Å². The molecule has 20 heavy (non-hydrogen) atoms. The highest BCUT2D eigenvalue weighted by atomic mass is 19.3. The SMILES string of the molecule is CCOC(=O)C(F)(F)[C@@H](N)c1ccc(C(C)(C)C)cc1. The molecule has 0 saturated carbocycles. The first-order valence-electron chi connectivity index (χ1n) is 6.51. The maximum atomic E-state index is 13.8. The molecule has 0 aliphatic carbocycles. The highest BCUT2D eigenvalue weighted by molar-refractivity contribution is 5.78. The van der Waals surface area contributed by atoms with Crippen LogP contribution in [-0.4, -0.2) is 18.5 Å². The summed E-state index contributed by atoms with van der Waals surface area (Å²) in [5, 5.41) is 0. The summed E-state index contributed by atoms with van der Waals surface area (Å²) in [6.45, 7) is 7.43. The first-order chi connectivity index (χ1) is 9.10. The summed E-state index contributed by atoms with van der Waals surface area (Å²) in [6.07, 6.45) is 0. The quantitative estimate of drug-likeness (QED) is 0.864. The van der Waals surface area contributed by atoms with Crippen molar-refractivity contribution >= 4 is 5.97 Å². The monoisotopic (exact) mass is 285 g/mol. The fourth-order valence-corrected chi connectivity index (χ4v) is 1.75. The molecule has 0 aliphatic heterocycles. The molecule has 1 rings (SSSR count). The lowest BCUT2D eigenvalue weighted by molar-refractivity contribution is -0.174. The Morgan fingerprint density at radius 3 is 2.15 bits per heavy atom. The van der Waals surface area contributed by atoms with Gasteiger partial charge in [-0.05, 0) is 23.5 Å². The molecule has 2 N–H and O–H groups in total. The predicted octanol–water partition coefficient (Wildman–Crippen LogP) is 3.18. The van der Waals surface area contributed by atoms with Gasteiger partial charge in [-0.3, -0.25) is 0 Å². The molecule has 1 atom stereocenters. The van der Waals surface area contributed by atoms with Crippen LogP contribution in [-0.2, 0) is 14.9 Å². The molecule has 0 fully saturated rings. The summed E-state index contributed by atoms with van der Waals surface area (Å²) in [5.41, 5.74) is 6.65. The molecule has 0 radical (unpaired) electrons. The van der Waals surface area contributed by atoms with Gasteiger partial charge >= 0.3 is 11.9 Å². The molecule has 0 amide bonds. The lowest BCUT2D eigenvalue weighted by Gasteiger charge is -2.23. The van der Waals surface area contributed by atoms with Gasteiger partial charge in [0.05, 0.1) is 6.61 Å². The van der Waals surface area contributed by atoms with E-state index in [0.717, 1.165) is 5.56 Å². The predicted molar refractivity (Wildman–Crippen MR) is 73.7 cm³/mol. The first-order valence-corrected chi connectivity index (χ1v) is 6.51. The number of hydrogen-bond donors (Lipinski definition) is 1. The molecular weight excluding hydrogens is 264 g/mol. The zero-order valence-electron chi connectivity index (χ0n) is 12.2. The summed E-state index contributed by atoms with van der Waals surface area (Å²) >= 11 is 0. The maximum absolute atomic E-state index is 13.8. The maximum Gasteiger partial charge on any atom is 0.379 e. The van der Waals surface area contributed by atoms with E-state index in [-0.39, 0.29) is 17.6 Å². The van der Waals surface area contributed by atoms with Crippen LogP contribution in [0, 0.1) is 0 Å². The topological polar surface area (TPSA) is 52.3 Å². The Morgan fingerprint density at radius 1 is 1.25 bits per heavy atom. The van der Waals surface area contributed by atoms with Crippen LogP contribution in [0.1, 0.15) is 44.9 Å². The van der Waals surface area contributed by atoms with Gasteiger partial charge < -0.3 is 10.5 Å². The third kappa shape index (κ3) is 3.54. The molecule has 1 aromatic rings. The van der Waals surface area contributed by atoms with E-state index in [9.17, 15) is 13.6 Å². The molecular formula is C15H21F2NO2. The smallest absolute Gasteiger partial charge is 0.379 e. The lowest BCUT2D eigenvalue weighted by Crippen LogP contribution is -2.41. The summed E-state index contributed by atoms with van der Waals surface area (Å²) in [7, 11) is 0. The summed E-state index contributed by atoms with van der Waals surface area (Å²) < 4.78 is 32.0. The van der Waals surface area contributed by atoms with Crippen molar-refractivity contribution in [2.45, 2.75) is 45.1 Å². The fourth-order valence-electron chi connectivity index (χ4n) is 1.75. The van der Waals surface area contributed by atoms with Crippen molar-refractivity contribution in [1.29, 1.82) is 0 Å². The summed E-state index contributed by atoms with van der Waals surface area (Å²) in [4.78, 5) is 11.3. The molecule has 112 valence electrons. The standard InChI is InChI=1S/C15H21F2NO2/c1-5-20-13(19)15(16,17)12(18)10-6-8-11(9-7-10)14(2,3)4/h6-9,12H,5,18H2,1-4H3/t12-/m0/s1. The number of carbonyl (C=O) groups excluding carboxylic acids is 1. The van der Waals surface area contributed by atoms with Crippen LogP contribution in [0.5, 0.6) is 0 Å². The van der Waals surface area contributed by atoms with E-state index in [1.54, 1.807) is 12.1 Å². The Bertz CT molecular complexity index is 464. The van der Waals surface area contributed by atoms with Crippen molar-refractivity contribution < 1.29 is 18.3 Å². The first kappa shape index (κ1) is 16.6. The van der Waals surface area contributed by atoms with E-state index in [4.69, 9.17) is 5.73 Å². The van der Waals surface area contributed by atoms with Gasteiger partial charge in [-0.15, -0.1) is 0 Å². The van der Waals surface area contributed by atoms with E-state index in [1.165, 1.54) is 19.1 Å². The van der Waals surface area contributed by atoms with E-state index in [1.807, 2.05) is 20.8 Å². The van der Waals surface area contributed by atoms with Crippen molar-refractivity contribution in [2.75, 3.05) is 6.61 Å². The Balaban J connectivity index is 2.97. The molecule has 0 saturated heterocycles. The molecule has 0 aromatic heterocycles. The molecule has 0 unspecified atom stereocenters.